The molecule has 0 saturated carbocycles. The molecule has 1 aliphatic rings. The summed E-state index contributed by atoms with van der Waals surface area (Å²) in [4.78, 5) is 12.0. The van der Waals surface area contributed by atoms with E-state index < -0.39 is 16.0 Å². The van der Waals surface area contributed by atoms with Crippen molar-refractivity contribution in [3.8, 4) is 11.5 Å². The molecule has 2 aromatic carbocycles. The number of carbonyl (C=O) groups is 1. The first-order valence-electron chi connectivity index (χ1n) is 9.27. The van der Waals surface area contributed by atoms with Gasteiger partial charge in [0.25, 0.3) is 10.0 Å². The van der Waals surface area contributed by atoms with Gasteiger partial charge in [-0.2, -0.15) is 0 Å². The Hall–Kier alpha value is -2.78. The van der Waals surface area contributed by atoms with Crippen molar-refractivity contribution < 1.29 is 32.2 Å². The summed E-state index contributed by atoms with van der Waals surface area (Å²) in [5.41, 5.74) is 0.642. The van der Waals surface area contributed by atoms with Crippen LogP contribution in [0.1, 0.15) is 23.7 Å². The Morgan fingerprint density at radius 3 is 2.48 bits per heavy atom. The van der Waals surface area contributed by atoms with Crippen molar-refractivity contribution in [2.75, 3.05) is 37.8 Å². The van der Waals surface area contributed by atoms with E-state index in [4.69, 9.17) is 18.9 Å². The molecular formula is C20H23NO7S. The second-order valence-corrected chi connectivity index (χ2v) is 7.86. The minimum atomic E-state index is -3.83. The summed E-state index contributed by atoms with van der Waals surface area (Å²) < 4.78 is 49.1. The van der Waals surface area contributed by atoms with Gasteiger partial charge in [-0.3, -0.25) is 4.72 Å². The number of anilines is 1. The van der Waals surface area contributed by atoms with Crippen LogP contribution in [-0.4, -0.2) is 47.4 Å². The highest BCUT2D eigenvalue weighted by atomic mass is 32.2. The van der Waals surface area contributed by atoms with Crippen LogP contribution in [0.25, 0.3) is 0 Å². The fourth-order valence-electron chi connectivity index (χ4n) is 2.62. The lowest BCUT2D eigenvalue weighted by Crippen LogP contribution is -2.14. The standard InChI is InChI=1S/C20H23NO7S/c1-2-25-12-13-28-20(22)15-4-6-16(7-5-15)21-29(23,24)17-8-9-18-19(14-17)27-11-3-10-26-18/h4-9,14,21H,2-3,10-13H2,1H3. The first-order valence-corrected chi connectivity index (χ1v) is 10.8. The molecule has 0 aromatic heterocycles. The maximum absolute atomic E-state index is 12.7. The summed E-state index contributed by atoms with van der Waals surface area (Å²) in [6.45, 7) is 3.88. The molecule has 0 unspecified atom stereocenters. The number of benzene rings is 2. The van der Waals surface area contributed by atoms with Gasteiger partial charge in [-0.1, -0.05) is 0 Å². The average Bonchev–Trinajstić information content (AvgIpc) is 2.96. The number of hydrogen-bond acceptors (Lipinski definition) is 7. The van der Waals surface area contributed by atoms with Crippen LogP contribution in [0.4, 0.5) is 5.69 Å². The van der Waals surface area contributed by atoms with Crippen molar-refractivity contribution in [3.05, 3.63) is 48.0 Å². The molecule has 0 spiro atoms. The normalized spacial score (nSPS) is 13.4. The van der Waals surface area contributed by atoms with Crippen LogP contribution in [0.15, 0.2) is 47.4 Å². The highest BCUT2D eigenvalue weighted by Gasteiger charge is 2.19. The van der Waals surface area contributed by atoms with E-state index in [9.17, 15) is 13.2 Å². The van der Waals surface area contributed by atoms with Gasteiger partial charge in [-0.25, -0.2) is 13.2 Å². The fourth-order valence-corrected chi connectivity index (χ4v) is 3.69. The summed E-state index contributed by atoms with van der Waals surface area (Å²) in [5, 5.41) is 0. The summed E-state index contributed by atoms with van der Waals surface area (Å²) in [6.07, 6.45) is 0.732. The third kappa shape index (κ3) is 5.61. The van der Waals surface area contributed by atoms with Crippen molar-refractivity contribution in [1.82, 2.24) is 0 Å². The van der Waals surface area contributed by atoms with E-state index in [0.717, 1.165) is 6.42 Å². The second kappa shape index (κ2) is 9.62. The molecule has 9 heteroatoms. The summed E-state index contributed by atoms with van der Waals surface area (Å²) in [6, 6.07) is 10.5. The van der Waals surface area contributed by atoms with E-state index in [2.05, 4.69) is 4.72 Å². The Kier molecular flexibility index (Phi) is 6.95. The van der Waals surface area contributed by atoms with Crippen molar-refractivity contribution in [2.24, 2.45) is 0 Å². The summed E-state index contributed by atoms with van der Waals surface area (Å²) in [5.74, 6) is 0.422. The fraction of sp³-hybridized carbons (Fsp3) is 0.350. The lowest BCUT2D eigenvalue weighted by atomic mass is 10.2. The molecule has 0 aliphatic carbocycles. The zero-order chi connectivity index (χ0) is 20.7. The van der Waals surface area contributed by atoms with Crippen molar-refractivity contribution >= 4 is 21.7 Å². The molecule has 29 heavy (non-hydrogen) atoms. The van der Waals surface area contributed by atoms with E-state index in [0.29, 0.717) is 49.2 Å². The van der Waals surface area contributed by atoms with Gasteiger partial charge in [0, 0.05) is 24.8 Å². The van der Waals surface area contributed by atoms with Gasteiger partial charge >= 0.3 is 5.97 Å². The van der Waals surface area contributed by atoms with Gasteiger partial charge in [-0.05, 0) is 43.3 Å². The van der Waals surface area contributed by atoms with E-state index in [-0.39, 0.29) is 11.5 Å². The van der Waals surface area contributed by atoms with E-state index in [1.54, 1.807) is 6.07 Å². The van der Waals surface area contributed by atoms with Crippen molar-refractivity contribution in [2.45, 2.75) is 18.2 Å². The van der Waals surface area contributed by atoms with Gasteiger partial charge in [0.15, 0.2) is 11.5 Å². The molecule has 0 saturated heterocycles. The van der Waals surface area contributed by atoms with Gasteiger partial charge in [-0.15, -0.1) is 0 Å². The molecular weight excluding hydrogens is 398 g/mol. The minimum absolute atomic E-state index is 0.0566. The Labute approximate surface area is 169 Å². The topological polar surface area (TPSA) is 100 Å². The summed E-state index contributed by atoms with van der Waals surface area (Å²) in [7, 11) is -3.83. The number of fused-ring (bicyclic) bond motifs is 1. The van der Waals surface area contributed by atoms with Gasteiger partial charge < -0.3 is 18.9 Å². The molecule has 1 N–H and O–H groups in total. The molecule has 1 aliphatic heterocycles. The number of hydrogen-bond donors (Lipinski definition) is 1. The van der Waals surface area contributed by atoms with Crippen molar-refractivity contribution in [1.29, 1.82) is 0 Å². The Morgan fingerprint density at radius 1 is 1.03 bits per heavy atom. The van der Waals surface area contributed by atoms with Crippen LogP contribution < -0.4 is 14.2 Å². The maximum Gasteiger partial charge on any atom is 0.338 e. The molecule has 0 atom stereocenters. The number of rotatable bonds is 8. The maximum atomic E-state index is 12.7. The van der Waals surface area contributed by atoms with Crippen molar-refractivity contribution in [3.63, 3.8) is 0 Å². The Morgan fingerprint density at radius 2 is 1.76 bits per heavy atom. The largest absolute Gasteiger partial charge is 0.490 e. The molecule has 0 amide bonds. The zero-order valence-corrected chi connectivity index (χ0v) is 16.9. The zero-order valence-electron chi connectivity index (χ0n) is 16.1. The van der Waals surface area contributed by atoms with Gasteiger partial charge in [0.05, 0.1) is 30.3 Å². The highest BCUT2D eigenvalue weighted by Crippen LogP contribution is 2.32. The first kappa shape index (κ1) is 20.9. The molecule has 0 radical (unpaired) electrons. The molecule has 3 rings (SSSR count). The minimum Gasteiger partial charge on any atom is -0.490 e. The smallest absolute Gasteiger partial charge is 0.338 e. The van der Waals surface area contributed by atoms with E-state index >= 15 is 0 Å². The first-order chi connectivity index (χ1) is 14.0. The molecule has 8 nitrogen and oxygen atoms in total. The second-order valence-electron chi connectivity index (χ2n) is 6.17. The predicted octanol–water partition coefficient (Wildman–Crippen LogP) is 2.84. The van der Waals surface area contributed by atoms with Crippen LogP contribution in [0.5, 0.6) is 11.5 Å². The van der Waals surface area contributed by atoms with Gasteiger partial charge in [0.2, 0.25) is 0 Å². The Balaban J connectivity index is 1.66. The van der Waals surface area contributed by atoms with Crippen LogP contribution in [-0.2, 0) is 19.5 Å². The average molecular weight is 421 g/mol. The van der Waals surface area contributed by atoms with E-state index in [1.165, 1.54) is 36.4 Å². The Bertz CT molecular complexity index is 942. The quantitative estimate of drug-likeness (QED) is 0.517. The monoisotopic (exact) mass is 421 g/mol. The predicted molar refractivity (Wildman–Crippen MR) is 106 cm³/mol. The van der Waals surface area contributed by atoms with Crippen LogP contribution in [0, 0.1) is 0 Å². The number of sulfonamides is 1. The number of carbonyl (C=O) groups excluding carboxylic acids is 1. The lowest BCUT2D eigenvalue weighted by molar-refractivity contribution is 0.0335. The van der Waals surface area contributed by atoms with Crippen LogP contribution in [0.2, 0.25) is 0 Å². The highest BCUT2D eigenvalue weighted by molar-refractivity contribution is 7.92. The number of nitrogens with one attached hydrogen (secondary N) is 1. The van der Waals surface area contributed by atoms with Crippen LogP contribution >= 0.6 is 0 Å². The SMILES string of the molecule is CCOCCOC(=O)c1ccc(NS(=O)(=O)c2ccc3c(c2)OCCCO3)cc1. The molecule has 1 heterocycles. The third-order valence-electron chi connectivity index (χ3n) is 4.07. The van der Waals surface area contributed by atoms with E-state index in [1.807, 2.05) is 6.92 Å². The molecule has 0 fully saturated rings. The lowest BCUT2D eigenvalue weighted by Gasteiger charge is -2.12. The van der Waals surface area contributed by atoms with Crippen LogP contribution in [0.3, 0.4) is 0 Å². The van der Waals surface area contributed by atoms with Gasteiger partial charge in [0.1, 0.15) is 6.61 Å². The summed E-state index contributed by atoms with van der Waals surface area (Å²) >= 11 is 0. The number of esters is 1. The molecule has 2 aromatic rings. The molecule has 156 valence electrons. The number of ether oxygens (including phenoxy) is 4. The third-order valence-corrected chi connectivity index (χ3v) is 5.45. The molecule has 0 bridgehead atoms.